The molecule has 0 fully saturated rings. The van der Waals surface area contributed by atoms with Crippen molar-refractivity contribution >= 4 is 11.0 Å². The highest BCUT2D eigenvalue weighted by Gasteiger charge is 2.09. The number of rotatable bonds is 6. The van der Waals surface area contributed by atoms with E-state index < -0.39 is 0 Å². The first-order valence-electron chi connectivity index (χ1n) is 6.98. The zero-order valence-corrected chi connectivity index (χ0v) is 11.4. The first-order chi connectivity index (χ1) is 8.80. The summed E-state index contributed by atoms with van der Waals surface area (Å²) < 4.78 is 2.32. The lowest BCUT2D eigenvalue weighted by Crippen LogP contribution is -2.01. The Morgan fingerprint density at radius 3 is 2.72 bits per heavy atom. The molecule has 2 aromatic rings. The fourth-order valence-electron chi connectivity index (χ4n) is 2.43. The van der Waals surface area contributed by atoms with Crippen molar-refractivity contribution in [1.29, 1.82) is 0 Å². The third kappa shape index (κ3) is 2.56. The Morgan fingerprint density at radius 2 is 2.06 bits per heavy atom. The first kappa shape index (κ1) is 13.1. The number of unbranched alkanes of at least 4 members (excludes halogenated alkanes) is 2. The molecule has 18 heavy (non-hydrogen) atoms. The lowest BCUT2D eigenvalue weighted by atomic mass is 10.2. The second-order valence-electron chi connectivity index (χ2n) is 4.76. The van der Waals surface area contributed by atoms with Crippen LogP contribution in [0.5, 0.6) is 0 Å². The molecule has 0 aliphatic heterocycles. The molecule has 0 radical (unpaired) electrons. The zero-order valence-electron chi connectivity index (χ0n) is 11.4. The number of nitrogens with zero attached hydrogens (tertiary/aromatic N) is 2. The minimum atomic E-state index is 0.583. The summed E-state index contributed by atoms with van der Waals surface area (Å²) in [5, 5.41) is 0. The number of hydrogen-bond donors (Lipinski definition) is 1. The molecule has 0 spiro atoms. The van der Waals surface area contributed by atoms with Gasteiger partial charge in [-0.05, 0) is 31.0 Å². The van der Waals surface area contributed by atoms with Gasteiger partial charge in [-0.1, -0.05) is 25.8 Å². The molecule has 98 valence electrons. The van der Waals surface area contributed by atoms with Gasteiger partial charge in [0.15, 0.2) is 0 Å². The van der Waals surface area contributed by atoms with Gasteiger partial charge in [0.1, 0.15) is 5.82 Å². The van der Waals surface area contributed by atoms with E-state index >= 15 is 0 Å². The van der Waals surface area contributed by atoms with Crippen LogP contribution in [-0.2, 0) is 19.5 Å². The van der Waals surface area contributed by atoms with Gasteiger partial charge in [0, 0.05) is 19.5 Å². The van der Waals surface area contributed by atoms with E-state index in [0.717, 1.165) is 24.0 Å². The molecule has 0 saturated carbocycles. The molecule has 0 atom stereocenters. The summed E-state index contributed by atoms with van der Waals surface area (Å²) in [6.45, 7) is 5.98. The smallest absolute Gasteiger partial charge is 0.109 e. The lowest BCUT2D eigenvalue weighted by molar-refractivity contribution is 0.650. The number of hydrogen-bond acceptors (Lipinski definition) is 2. The number of aromatic nitrogens is 2. The average Bonchev–Trinajstić information content (AvgIpc) is 2.75. The van der Waals surface area contributed by atoms with Crippen LogP contribution in [0.1, 0.15) is 44.5 Å². The third-order valence-electron chi connectivity index (χ3n) is 3.45. The van der Waals surface area contributed by atoms with Crippen LogP contribution in [0.25, 0.3) is 11.0 Å². The van der Waals surface area contributed by atoms with Crippen molar-refractivity contribution in [3.8, 4) is 0 Å². The van der Waals surface area contributed by atoms with Crippen LogP contribution in [0.2, 0.25) is 0 Å². The van der Waals surface area contributed by atoms with Gasteiger partial charge in [-0.25, -0.2) is 4.98 Å². The van der Waals surface area contributed by atoms with Gasteiger partial charge in [0.25, 0.3) is 0 Å². The van der Waals surface area contributed by atoms with E-state index in [0.29, 0.717) is 6.54 Å². The Balaban J connectivity index is 2.34. The van der Waals surface area contributed by atoms with Crippen molar-refractivity contribution in [1.82, 2.24) is 9.55 Å². The molecule has 0 bridgehead atoms. The van der Waals surface area contributed by atoms with Gasteiger partial charge in [-0.3, -0.25) is 0 Å². The van der Waals surface area contributed by atoms with E-state index in [9.17, 15) is 0 Å². The summed E-state index contributed by atoms with van der Waals surface area (Å²) >= 11 is 0. The Kier molecular flexibility index (Phi) is 4.37. The summed E-state index contributed by atoms with van der Waals surface area (Å²) in [6, 6.07) is 6.37. The van der Waals surface area contributed by atoms with Crippen LogP contribution < -0.4 is 5.73 Å². The normalized spacial score (nSPS) is 11.3. The first-order valence-corrected chi connectivity index (χ1v) is 6.98. The molecule has 1 heterocycles. The number of benzene rings is 1. The Morgan fingerprint density at radius 1 is 1.22 bits per heavy atom. The number of fused-ring (bicyclic) bond motifs is 1. The second kappa shape index (κ2) is 6.01. The van der Waals surface area contributed by atoms with E-state index in [2.05, 4.69) is 36.6 Å². The van der Waals surface area contributed by atoms with Gasteiger partial charge in [0.2, 0.25) is 0 Å². The molecular weight excluding hydrogens is 222 g/mol. The maximum absolute atomic E-state index is 5.68. The van der Waals surface area contributed by atoms with E-state index in [1.807, 2.05) is 0 Å². The van der Waals surface area contributed by atoms with Gasteiger partial charge in [-0.2, -0.15) is 0 Å². The van der Waals surface area contributed by atoms with E-state index in [1.165, 1.54) is 30.6 Å². The second-order valence-corrected chi connectivity index (χ2v) is 4.76. The molecule has 1 aromatic heterocycles. The molecule has 0 unspecified atom stereocenters. The van der Waals surface area contributed by atoms with Gasteiger partial charge >= 0.3 is 0 Å². The summed E-state index contributed by atoms with van der Waals surface area (Å²) in [7, 11) is 0. The van der Waals surface area contributed by atoms with Crippen molar-refractivity contribution in [2.75, 3.05) is 0 Å². The van der Waals surface area contributed by atoms with Gasteiger partial charge in [-0.15, -0.1) is 0 Å². The number of imidazole rings is 1. The van der Waals surface area contributed by atoms with Gasteiger partial charge in [0.05, 0.1) is 11.0 Å². The van der Waals surface area contributed by atoms with Crippen LogP contribution in [0.4, 0.5) is 0 Å². The standard InChI is InChI=1S/C15H23N3/c1-3-5-6-7-15-17-13-10-12(11-16)8-9-14(13)18(15)4-2/h8-10H,3-7,11,16H2,1-2H3. The minimum absolute atomic E-state index is 0.583. The summed E-state index contributed by atoms with van der Waals surface area (Å²) in [6.07, 6.45) is 4.84. The summed E-state index contributed by atoms with van der Waals surface area (Å²) in [5.74, 6) is 1.22. The highest BCUT2D eigenvalue weighted by atomic mass is 15.1. The molecule has 1 aromatic carbocycles. The SMILES string of the molecule is CCCCCc1nc2cc(CN)ccc2n1CC. The van der Waals surface area contributed by atoms with Crippen LogP contribution in [0, 0.1) is 0 Å². The number of nitrogens with two attached hydrogens (primary N) is 1. The molecule has 2 rings (SSSR count). The maximum Gasteiger partial charge on any atom is 0.109 e. The van der Waals surface area contributed by atoms with E-state index in [1.54, 1.807) is 0 Å². The lowest BCUT2D eigenvalue weighted by Gasteiger charge is -2.05. The number of aryl methyl sites for hydroxylation is 2. The quantitative estimate of drug-likeness (QED) is 0.794. The monoisotopic (exact) mass is 245 g/mol. The van der Waals surface area contributed by atoms with Crippen molar-refractivity contribution in [3.05, 3.63) is 29.6 Å². The molecule has 0 aliphatic rings. The molecule has 2 N–H and O–H groups in total. The fraction of sp³-hybridized carbons (Fsp3) is 0.533. The third-order valence-corrected chi connectivity index (χ3v) is 3.45. The van der Waals surface area contributed by atoms with E-state index in [4.69, 9.17) is 10.7 Å². The molecule has 3 nitrogen and oxygen atoms in total. The summed E-state index contributed by atoms with van der Waals surface area (Å²) in [5.41, 5.74) is 9.16. The fourth-order valence-corrected chi connectivity index (χ4v) is 2.43. The minimum Gasteiger partial charge on any atom is -0.328 e. The molecule has 0 aliphatic carbocycles. The van der Waals surface area contributed by atoms with Crippen molar-refractivity contribution in [2.24, 2.45) is 5.73 Å². The maximum atomic E-state index is 5.68. The summed E-state index contributed by atoms with van der Waals surface area (Å²) in [4.78, 5) is 4.77. The van der Waals surface area contributed by atoms with Crippen molar-refractivity contribution < 1.29 is 0 Å². The van der Waals surface area contributed by atoms with Crippen molar-refractivity contribution in [3.63, 3.8) is 0 Å². The molecule has 0 amide bonds. The highest BCUT2D eigenvalue weighted by molar-refractivity contribution is 5.77. The van der Waals surface area contributed by atoms with Crippen LogP contribution in [0.15, 0.2) is 18.2 Å². The van der Waals surface area contributed by atoms with Crippen LogP contribution in [-0.4, -0.2) is 9.55 Å². The highest BCUT2D eigenvalue weighted by Crippen LogP contribution is 2.19. The average molecular weight is 245 g/mol. The van der Waals surface area contributed by atoms with Gasteiger partial charge < -0.3 is 10.3 Å². The topological polar surface area (TPSA) is 43.8 Å². The molecule has 3 heteroatoms. The predicted molar refractivity (Wildman–Crippen MR) is 76.5 cm³/mol. The van der Waals surface area contributed by atoms with Crippen LogP contribution >= 0.6 is 0 Å². The molecule has 0 saturated heterocycles. The Labute approximate surface area is 109 Å². The Bertz CT molecular complexity index is 514. The Hall–Kier alpha value is -1.35. The van der Waals surface area contributed by atoms with Crippen molar-refractivity contribution in [2.45, 2.75) is 52.6 Å². The largest absolute Gasteiger partial charge is 0.328 e. The predicted octanol–water partition coefficient (Wildman–Crippen LogP) is 3.25. The zero-order chi connectivity index (χ0) is 13.0. The van der Waals surface area contributed by atoms with Crippen LogP contribution in [0.3, 0.4) is 0 Å². The molecular formula is C15H23N3. The van der Waals surface area contributed by atoms with E-state index in [-0.39, 0.29) is 0 Å².